The molecule has 0 saturated carbocycles. The lowest BCUT2D eigenvalue weighted by atomic mass is 10.0. The molecule has 0 radical (unpaired) electrons. The number of carbonyl (C=O) groups excluding carboxylic acids is 1. The monoisotopic (exact) mass is 333 g/mol. The number of Topliss-reactive ketones (excluding diaryl/α,β-unsaturated/α-hetero) is 1. The van der Waals surface area contributed by atoms with E-state index in [1.807, 2.05) is 12.1 Å². The Bertz CT molecular complexity index is 425. The zero-order chi connectivity index (χ0) is 11.4. The standard InChI is InChI=1S/C11H9ClINO/c1-7(15)11(12)9-3-2-4-10(13)8(9)5-6-14/h2-4,11H,5H2,1H3. The van der Waals surface area contributed by atoms with Gasteiger partial charge in [-0.05, 0) is 46.7 Å². The number of halogens is 2. The topological polar surface area (TPSA) is 40.9 Å². The summed E-state index contributed by atoms with van der Waals surface area (Å²) in [5, 5.41) is 8.06. The minimum absolute atomic E-state index is 0.0992. The molecule has 0 fully saturated rings. The van der Waals surface area contributed by atoms with Crippen LogP contribution in [0.3, 0.4) is 0 Å². The Labute approximate surface area is 107 Å². The fourth-order valence-corrected chi connectivity index (χ4v) is 2.21. The first-order valence-corrected chi connectivity index (χ1v) is 5.88. The maximum absolute atomic E-state index is 11.2. The minimum Gasteiger partial charge on any atom is -0.298 e. The molecule has 15 heavy (non-hydrogen) atoms. The maximum atomic E-state index is 11.2. The molecule has 1 aromatic rings. The summed E-state index contributed by atoms with van der Waals surface area (Å²) in [6.45, 7) is 1.45. The van der Waals surface area contributed by atoms with E-state index in [0.29, 0.717) is 0 Å². The van der Waals surface area contributed by atoms with Gasteiger partial charge in [0.1, 0.15) is 5.38 Å². The lowest BCUT2D eigenvalue weighted by Gasteiger charge is -2.11. The first kappa shape index (κ1) is 12.5. The predicted octanol–water partition coefficient (Wildman–Crippen LogP) is 3.23. The van der Waals surface area contributed by atoms with Crippen molar-refractivity contribution in [1.29, 1.82) is 5.26 Å². The molecule has 0 bridgehead atoms. The van der Waals surface area contributed by atoms with Crippen molar-refractivity contribution in [2.24, 2.45) is 0 Å². The van der Waals surface area contributed by atoms with Crippen molar-refractivity contribution < 1.29 is 4.79 Å². The smallest absolute Gasteiger partial charge is 0.152 e. The van der Waals surface area contributed by atoms with E-state index in [2.05, 4.69) is 28.7 Å². The van der Waals surface area contributed by atoms with E-state index in [-0.39, 0.29) is 12.2 Å². The van der Waals surface area contributed by atoms with Crippen LogP contribution in [0.25, 0.3) is 0 Å². The molecule has 1 atom stereocenters. The molecule has 0 aromatic heterocycles. The van der Waals surface area contributed by atoms with Gasteiger partial charge in [0.25, 0.3) is 0 Å². The summed E-state index contributed by atoms with van der Waals surface area (Å²) < 4.78 is 0.971. The van der Waals surface area contributed by atoms with Gasteiger partial charge in [0, 0.05) is 3.57 Å². The SMILES string of the molecule is CC(=O)C(Cl)c1cccc(I)c1CC#N. The highest BCUT2D eigenvalue weighted by atomic mass is 127. The molecule has 0 amide bonds. The number of carbonyl (C=O) groups is 1. The Balaban J connectivity index is 3.23. The van der Waals surface area contributed by atoms with Gasteiger partial charge in [-0.1, -0.05) is 12.1 Å². The average Bonchev–Trinajstić information content (AvgIpc) is 2.20. The number of hydrogen-bond donors (Lipinski definition) is 0. The minimum atomic E-state index is -0.650. The summed E-state index contributed by atoms with van der Waals surface area (Å²) in [5.74, 6) is -0.0992. The Kier molecular flexibility index (Phi) is 4.55. The third kappa shape index (κ3) is 2.93. The Hall–Kier alpha value is -0.600. The van der Waals surface area contributed by atoms with E-state index in [1.165, 1.54) is 6.92 Å². The van der Waals surface area contributed by atoms with Crippen LogP contribution in [0.15, 0.2) is 18.2 Å². The van der Waals surface area contributed by atoms with Gasteiger partial charge in [-0.25, -0.2) is 0 Å². The molecule has 1 rings (SSSR count). The molecule has 78 valence electrons. The number of nitriles is 1. The molecular formula is C11H9ClINO. The highest BCUT2D eigenvalue weighted by Crippen LogP contribution is 2.28. The third-order valence-corrected chi connectivity index (χ3v) is 3.59. The molecule has 1 aromatic carbocycles. The average molecular weight is 334 g/mol. The molecule has 0 aliphatic carbocycles. The highest BCUT2D eigenvalue weighted by molar-refractivity contribution is 14.1. The molecule has 0 aliphatic rings. The number of hydrogen-bond acceptors (Lipinski definition) is 2. The van der Waals surface area contributed by atoms with Crippen molar-refractivity contribution in [3.63, 3.8) is 0 Å². The number of rotatable bonds is 3. The van der Waals surface area contributed by atoms with Gasteiger partial charge in [0.15, 0.2) is 5.78 Å². The van der Waals surface area contributed by atoms with Crippen LogP contribution < -0.4 is 0 Å². The number of alkyl halides is 1. The van der Waals surface area contributed by atoms with Gasteiger partial charge in [0.2, 0.25) is 0 Å². The second-order valence-corrected chi connectivity index (χ2v) is 4.71. The van der Waals surface area contributed by atoms with E-state index < -0.39 is 5.38 Å². The molecule has 0 saturated heterocycles. The number of nitrogens with zero attached hydrogens (tertiary/aromatic N) is 1. The van der Waals surface area contributed by atoms with Crippen LogP contribution in [0.2, 0.25) is 0 Å². The largest absolute Gasteiger partial charge is 0.298 e. The second-order valence-electron chi connectivity index (χ2n) is 3.12. The van der Waals surface area contributed by atoms with Crippen molar-refractivity contribution >= 4 is 40.0 Å². The zero-order valence-corrected chi connectivity index (χ0v) is 11.0. The molecule has 0 N–H and O–H groups in total. The van der Waals surface area contributed by atoms with Crippen molar-refractivity contribution in [1.82, 2.24) is 0 Å². The van der Waals surface area contributed by atoms with Crippen molar-refractivity contribution in [2.45, 2.75) is 18.7 Å². The summed E-state index contributed by atoms with van der Waals surface area (Å²) in [4.78, 5) is 11.2. The van der Waals surface area contributed by atoms with Crippen LogP contribution in [0.4, 0.5) is 0 Å². The Morgan fingerprint density at radius 1 is 1.67 bits per heavy atom. The zero-order valence-electron chi connectivity index (χ0n) is 8.13. The summed E-state index contributed by atoms with van der Waals surface area (Å²) >= 11 is 8.14. The summed E-state index contributed by atoms with van der Waals surface area (Å²) in [7, 11) is 0. The second kappa shape index (κ2) is 5.47. The lowest BCUT2D eigenvalue weighted by molar-refractivity contribution is -0.116. The van der Waals surface area contributed by atoms with Crippen LogP contribution in [-0.2, 0) is 11.2 Å². The molecule has 0 heterocycles. The van der Waals surface area contributed by atoms with Crippen LogP contribution in [0.1, 0.15) is 23.4 Å². The van der Waals surface area contributed by atoms with E-state index in [9.17, 15) is 4.79 Å². The molecule has 2 nitrogen and oxygen atoms in total. The van der Waals surface area contributed by atoms with Gasteiger partial charge >= 0.3 is 0 Å². The maximum Gasteiger partial charge on any atom is 0.152 e. The van der Waals surface area contributed by atoms with E-state index in [4.69, 9.17) is 16.9 Å². The van der Waals surface area contributed by atoms with Crippen LogP contribution in [0, 0.1) is 14.9 Å². The lowest BCUT2D eigenvalue weighted by Crippen LogP contribution is -2.06. The number of ketones is 1. The van der Waals surface area contributed by atoms with Crippen LogP contribution >= 0.6 is 34.2 Å². The number of benzene rings is 1. The molecule has 4 heteroatoms. The summed E-state index contributed by atoms with van der Waals surface area (Å²) in [5.41, 5.74) is 1.61. The van der Waals surface area contributed by atoms with Crippen molar-refractivity contribution in [3.05, 3.63) is 32.9 Å². The fourth-order valence-electron chi connectivity index (χ4n) is 1.30. The molecule has 1 unspecified atom stereocenters. The van der Waals surface area contributed by atoms with E-state index >= 15 is 0 Å². The first-order valence-electron chi connectivity index (χ1n) is 4.36. The van der Waals surface area contributed by atoms with Crippen molar-refractivity contribution in [2.75, 3.05) is 0 Å². The normalized spacial score (nSPS) is 11.9. The first-order chi connectivity index (χ1) is 7.07. The van der Waals surface area contributed by atoms with Gasteiger partial charge in [-0.2, -0.15) is 5.26 Å². The predicted molar refractivity (Wildman–Crippen MR) is 67.8 cm³/mol. The quantitative estimate of drug-likeness (QED) is 0.629. The molecular weight excluding hydrogens is 324 g/mol. The van der Waals surface area contributed by atoms with Gasteiger partial charge in [-0.15, -0.1) is 11.6 Å². The van der Waals surface area contributed by atoms with E-state index in [1.54, 1.807) is 6.07 Å². The fraction of sp³-hybridized carbons (Fsp3) is 0.273. The highest BCUT2D eigenvalue weighted by Gasteiger charge is 2.18. The Morgan fingerprint density at radius 2 is 2.33 bits per heavy atom. The molecule has 0 spiro atoms. The van der Waals surface area contributed by atoms with Crippen LogP contribution in [0.5, 0.6) is 0 Å². The van der Waals surface area contributed by atoms with Gasteiger partial charge in [0.05, 0.1) is 12.5 Å². The van der Waals surface area contributed by atoms with Gasteiger partial charge < -0.3 is 0 Å². The van der Waals surface area contributed by atoms with Gasteiger partial charge in [-0.3, -0.25) is 4.79 Å². The van der Waals surface area contributed by atoms with Crippen LogP contribution in [-0.4, -0.2) is 5.78 Å². The van der Waals surface area contributed by atoms with E-state index in [0.717, 1.165) is 14.7 Å². The Morgan fingerprint density at radius 3 is 2.87 bits per heavy atom. The third-order valence-electron chi connectivity index (χ3n) is 2.04. The summed E-state index contributed by atoms with van der Waals surface area (Å²) in [6, 6.07) is 7.63. The summed E-state index contributed by atoms with van der Waals surface area (Å²) in [6.07, 6.45) is 0.283. The van der Waals surface area contributed by atoms with Crippen molar-refractivity contribution in [3.8, 4) is 6.07 Å². The molecule has 0 aliphatic heterocycles.